The van der Waals surface area contributed by atoms with Gasteiger partial charge in [-0.1, -0.05) is 27.5 Å². The van der Waals surface area contributed by atoms with Crippen LogP contribution in [0.25, 0.3) is 10.9 Å². The van der Waals surface area contributed by atoms with Crippen molar-refractivity contribution in [2.75, 3.05) is 0 Å². The quantitative estimate of drug-likeness (QED) is 0.767. The lowest BCUT2D eigenvalue weighted by Crippen LogP contribution is -2.22. The number of hydrogen-bond donors (Lipinski definition) is 2. The highest BCUT2D eigenvalue weighted by Crippen LogP contribution is 2.23. The van der Waals surface area contributed by atoms with Gasteiger partial charge in [-0.05, 0) is 12.1 Å². The summed E-state index contributed by atoms with van der Waals surface area (Å²) < 4.78 is 0.705. The van der Waals surface area contributed by atoms with Crippen LogP contribution >= 0.6 is 27.5 Å². The molecular weight excluding hydrogens is 271 g/mol. The Hall–Kier alpha value is -1.07. The monoisotopic (exact) mass is 274 g/mol. The van der Waals surface area contributed by atoms with Crippen molar-refractivity contribution in [2.24, 2.45) is 0 Å². The highest BCUT2D eigenvalue weighted by molar-refractivity contribution is 9.10. The molecule has 0 aliphatic rings. The fourth-order valence-corrected chi connectivity index (χ4v) is 2.12. The van der Waals surface area contributed by atoms with E-state index in [1.54, 1.807) is 12.1 Å². The van der Waals surface area contributed by atoms with Crippen LogP contribution in [0.15, 0.2) is 26.2 Å². The second kappa shape index (κ2) is 3.25. The standard InChI is InChI=1S/C8H4BrClN2O2/c9-3-1-4(10)6-5(2-3)11-8(14)12-7(6)13/h1-2H,(H2,11,12,13,14). The second-order valence-electron chi connectivity index (χ2n) is 2.72. The third-order valence-corrected chi connectivity index (χ3v) is 2.51. The maximum absolute atomic E-state index is 11.4. The molecule has 0 amide bonds. The molecule has 2 aromatic rings. The summed E-state index contributed by atoms with van der Waals surface area (Å²) in [5, 5.41) is 0.585. The van der Waals surface area contributed by atoms with Gasteiger partial charge in [0.2, 0.25) is 0 Å². The summed E-state index contributed by atoms with van der Waals surface area (Å²) in [5.41, 5.74) is -0.615. The van der Waals surface area contributed by atoms with Gasteiger partial charge in [0.15, 0.2) is 0 Å². The third kappa shape index (κ3) is 1.49. The van der Waals surface area contributed by atoms with Crippen LogP contribution < -0.4 is 11.2 Å². The lowest BCUT2D eigenvalue weighted by Gasteiger charge is -1.99. The van der Waals surface area contributed by atoms with Crippen molar-refractivity contribution in [1.82, 2.24) is 9.97 Å². The summed E-state index contributed by atoms with van der Waals surface area (Å²) in [7, 11) is 0. The molecule has 0 spiro atoms. The Morgan fingerprint density at radius 3 is 2.64 bits per heavy atom. The van der Waals surface area contributed by atoms with Crippen LogP contribution in [0.4, 0.5) is 0 Å². The summed E-state index contributed by atoms with van der Waals surface area (Å²) in [5.74, 6) is 0. The van der Waals surface area contributed by atoms with Crippen LogP contribution in [0.1, 0.15) is 0 Å². The maximum Gasteiger partial charge on any atom is 0.326 e. The Morgan fingerprint density at radius 2 is 1.93 bits per heavy atom. The Bertz CT molecular complexity index is 617. The number of hydrogen-bond acceptors (Lipinski definition) is 2. The summed E-state index contributed by atoms with van der Waals surface area (Å²) >= 11 is 9.06. The number of H-pyrrole nitrogens is 2. The molecule has 1 aromatic carbocycles. The van der Waals surface area contributed by atoms with Gasteiger partial charge >= 0.3 is 5.69 Å². The first-order valence-corrected chi connectivity index (χ1v) is 4.86. The number of fused-ring (bicyclic) bond motifs is 1. The molecule has 1 heterocycles. The second-order valence-corrected chi connectivity index (χ2v) is 4.04. The zero-order valence-electron chi connectivity index (χ0n) is 6.73. The van der Waals surface area contributed by atoms with Gasteiger partial charge in [0, 0.05) is 4.47 Å². The van der Waals surface area contributed by atoms with E-state index in [0.717, 1.165) is 0 Å². The van der Waals surface area contributed by atoms with Gasteiger partial charge in [0.25, 0.3) is 5.56 Å². The van der Waals surface area contributed by atoms with Crippen LogP contribution in [0.5, 0.6) is 0 Å². The Kier molecular flexibility index (Phi) is 2.20. The van der Waals surface area contributed by atoms with E-state index in [-0.39, 0.29) is 5.39 Å². The summed E-state index contributed by atoms with van der Waals surface area (Å²) in [6.07, 6.45) is 0. The van der Waals surface area contributed by atoms with Crippen molar-refractivity contribution in [3.63, 3.8) is 0 Å². The molecule has 6 heteroatoms. The molecule has 1 aromatic heterocycles. The number of halogens is 2. The molecule has 14 heavy (non-hydrogen) atoms. The molecule has 0 radical (unpaired) electrons. The van der Waals surface area contributed by atoms with Crippen LogP contribution in [0.2, 0.25) is 5.02 Å². The highest BCUT2D eigenvalue weighted by Gasteiger charge is 2.06. The summed E-state index contributed by atoms with van der Waals surface area (Å²) in [4.78, 5) is 26.9. The first-order chi connectivity index (χ1) is 6.58. The van der Waals surface area contributed by atoms with E-state index in [1.165, 1.54) is 0 Å². The van der Waals surface area contributed by atoms with E-state index in [9.17, 15) is 9.59 Å². The molecule has 0 unspecified atom stereocenters. The average Bonchev–Trinajstić information content (AvgIpc) is 1.99. The van der Waals surface area contributed by atoms with Crippen molar-refractivity contribution in [3.05, 3.63) is 42.5 Å². The van der Waals surface area contributed by atoms with Gasteiger partial charge in [-0.3, -0.25) is 9.78 Å². The fourth-order valence-electron chi connectivity index (χ4n) is 1.22. The molecule has 72 valence electrons. The van der Waals surface area contributed by atoms with Crippen molar-refractivity contribution >= 4 is 38.4 Å². The van der Waals surface area contributed by atoms with E-state index in [2.05, 4.69) is 25.9 Å². The number of rotatable bonds is 0. The van der Waals surface area contributed by atoms with Crippen molar-refractivity contribution < 1.29 is 0 Å². The SMILES string of the molecule is O=c1[nH]c(=O)c2c(Cl)cc(Br)cc2[nH]1. The van der Waals surface area contributed by atoms with Crippen molar-refractivity contribution in [1.29, 1.82) is 0 Å². The van der Waals surface area contributed by atoms with Crippen molar-refractivity contribution in [3.8, 4) is 0 Å². The van der Waals surface area contributed by atoms with Crippen LogP contribution in [0.3, 0.4) is 0 Å². The van der Waals surface area contributed by atoms with E-state index in [1.807, 2.05) is 0 Å². The minimum atomic E-state index is -0.545. The number of aromatic amines is 2. The Balaban J connectivity index is 3.10. The minimum Gasteiger partial charge on any atom is -0.307 e. The molecule has 0 fully saturated rings. The molecule has 2 rings (SSSR count). The van der Waals surface area contributed by atoms with Crippen LogP contribution in [-0.4, -0.2) is 9.97 Å². The number of nitrogens with one attached hydrogen (secondary N) is 2. The largest absolute Gasteiger partial charge is 0.326 e. The lowest BCUT2D eigenvalue weighted by molar-refractivity contribution is 1.08. The molecule has 0 saturated heterocycles. The number of benzene rings is 1. The first-order valence-electron chi connectivity index (χ1n) is 3.69. The molecular formula is C8H4BrClN2O2. The van der Waals surface area contributed by atoms with Gasteiger partial charge in [0.1, 0.15) is 0 Å². The van der Waals surface area contributed by atoms with E-state index >= 15 is 0 Å². The molecule has 0 atom stereocenters. The zero-order valence-corrected chi connectivity index (χ0v) is 9.07. The Morgan fingerprint density at radius 1 is 1.21 bits per heavy atom. The molecule has 4 nitrogen and oxygen atoms in total. The van der Waals surface area contributed by atoms with E-state index in [0.29, 0.717) is 15.0 Å². The highest BCUT2D eigenvalue weighted by atomic mass is 79.9. The minimum absolute atomic E-state index is 0.287. The molecule has 0 bridgehead atoms. The zero-order chi connectivity index (χ0) is 10.3. The predicted octanol–water partition coefficient (Wildman–Crippen LogP) is 1.63. The smallest absolute Gasteiger partial charge is 0.307 e. The predicted molar refractivity (Wildman–Crippen MR) is 57.9 cm³/mol. The first kappa shape index (κ1) is 9.48. The van der Waals surface area contributed by atoms with E-state index < -0.39 is 11.2 Å². The van der Waals surface area contributed by atoms with Gasteiger partial charge in [-0.25, -0.2) is 4.79 Å². The topological polar surface area (TPSA) is 65.7 Å². The Labute approximate surface area is 91.0 Å². The molecule has 0 aliphatic heterocycles. The molecule has 2 N–H and O–H groups in total. The third-order valence-electron chi connectivity index (χ3n) is 1.76. The van der Waals surface area contributed by atoms with Gasteiger partial charge < -0.3 is 4.98 Å². The number of aromatic nitrogens is 2. The van der Waals surface area contributed by atoms with Gasteiger partial charge in [-0.15, -0.1) is 0 Å². The summed E-state index contributed by atoms with van der Waals surface area (Å²) in [6, 6.07) is 3.22. The van der Waals surface area contributed by atoms with E-state index in [4.69, 9.17) is 11.6 Å². The fraction of sp³-hybridized carbons (Fsp3) is 0. The van der Waals surface area contributed by atoms with Gasteiger partial charge in [-0.2, -0.15) is 0 Å². The van der Waals surface area contributed by atoms with Crippen molar-refractivity contribution in [2.45, 2.75) is 0 Å². The van der Waals surface area contributed by atoms with Gasteiger partial charge in [0.05, 0.1) is 15.9 Å². The normalized spacial score (nSPS) is 10.7. The van der Waals surface area contributed by atoms with Crippen LogP contribution in [-0.2, 0) is 0 Å². The lowest BCUT2D eigenvalue weighted by atomic mass is 10.2. The van der Waals surface area contributed by atoms with Crippen LogP contribution in [0, 0.1) is 0 Å². The maximum atomic E-state index is 11.4. The molecule has 0 saturated carbocycles. The average molecular weight is 275 g/mol. The molecule has 0 aliphatic carbocycles. The summed E-state index contributed by atoms with van der Waals surface area (Å²) in [6.45, 7) is 0.